The van der Waals surface area contributed by atoms with Crippen LogP contribution in [-0.4, -0.2) is 9.97 Å². The first-order valence-electron chi connectivity index (χ1n) is 4.06. The van der Waals surface area contributed by atoms with Crippen LogP contribution >= 0.6 is 28.1 Å². The fourth-order valence-corrected chi connectivity index (χ4v) is 1.59. The standard InChI is InChI=1S/C9H8BrNO3S/c1-6(15)14-5-7-2-8(10)4-9(3-7)11(12)13/h2-4H,5H2,1H3. The van der Waals surface area contributed by atoms with Gasteiger partial charge >= 0.3 is 0 Å². The van der Waals surface area contributed by atoms with Crippen LogP contribution in [0.1, 0.15) is 12.5 Å². The highest BCUT2D eigenvalue weighted by Crippen LogP contribution is 2.21. The van der Waals surface area contributed by atoms with Gasteiger partial charge in [-0.3, -0.25) is 10.1 Å². The number of hydrogen-bond donors (Lipinski definition) is 0. The molecule has 0 bridgehead atoms. The fourth-order valence-electron chi connectivity index (χ4n) is 1.01. The Labute approximate surface area is 101 Å². The molecule has 0 spiro atoms. The monoisotopic (exact) mass is 289 g/mol. The number of nitro benzene ring substituents is 1. The van der Waals surface area contributed by atoms with E-state index in [1.54, 1.807) is 13.0 Å². The van der Waals surface area contributed by atoms with Crippen molar-refractivity contribution in [2.45, 2.75) is 13.5 Å². The molecule has 0 N–H and O–H groups in total. The first kappa shape index (κ1) is 12.1. The van der Waals surface area contributed by atoms with Crippen molar-refractivity contribution in [3.8, 4) is 0 Å². The molecule has 6 heteroatoms. The maximum absolute atomic E-state index is 10.6. The lowest BCUT2D eigenvalue weighted by molar-refractivity contribution is -0.385. The molecule has 80 valence electrons. The zero-order valence-corrected chi connectivity index (χ0v) is 10.3. The van der Waals surface area contributed by atoms with Crippen LogP contribution in [0.15, 0.2) is 22.7 Å². The molecule has 1 rings (SSSR count). The number of nitrogens with zero attached hydrogens (tertiary/aromatic N) is 1. The molecule has 0 aliphatic rings. The number of non-ortho nitro benzene ring substituents is 1. The fraction of sp³-hybridized carbons (Fsp3) is 0.222. The SMILES string of the molecule is CC(=S)OCc1cc(Br)cc([N+](=O)[O-])c1. The average molecular weight is 290 g/mol. The predicted molar refractivity (Wildman–Crippen MR) is 63.9 cm³/mol. The summed E-state index contributed by atoms with van der Waals surface area (Å²) in [6.45, 7) is 1.90. The van der Waals surface area contributed by atoms with Crippen molar-refractivity contribution >= 4 is 38.9 Å². The molecule has 0 aliphatic carbocycles. The van der Waals surface area contributed by atoms with Crippen molar-refractivity contribution in [1.29, 1.82) is 0 Å². The zero-order chi connectivity index (χ0) is 11.4. The highest BCUT2D eigenvalue weighted by Gasteiger charge is 2.08. The third-order valence-corrected chi connectivity index (χ3v) is 2.17. The van der Waals surface area contributed by atoms with Crippen molar-refractivity contribution < 1.29 is 9.66 Å². The summed E-state index contributed by atoms with van der Waals surface area (Å²) in [5.41, 5.74) is 0.741. The van der Waals surface area contributed by atoms with Crippen molar-refractivity contribution in [3.63, 3.8) is 0 Å². The minimum Gasteiger partial charge on any atom is -0.483 e. The maximum Gasteiger partial charge on any atom is 0.270 e. The number of thiocarbonyl (C=S) groups is 1. The van der Waals surface area contributed by atoms with Crippen molar-refractivity contribution in [2.75, 3.05) is 0 Å². The lowest BCUT2D eigenvalue weighted by atomic mass is 10.2. The normalized spacial score (nSPS) is 9.73. The molecule has 1 aromatic rings. The number of hydrogen-bond acceptors (Lipinski definition) is 4. The highest BCUT2D eigenvalue weighted by atomic mass is 79.9. The van der Waals surface area contributed by atoms with Crippen LogP contribution in [0.25, 0.3) is 0 Å². The molecule has 0 saturated carbocycles. The third kappa shape index (κ3) is 3.93. The zero-order valence-electron chi connectivity index (χ0n) is 7.90. The van der Waals surface area contributed by atoms with Crippen molar-refractivity contribution in [1.82, 2.24) is 0 Å². The lowest BCUT2D eigenvalue weighted by Crippen LogP contribution is -1.98. The van der Waals surface area contributed by atoms with Gasteiger partial charge in [0.05, 0.1) is 4.92 Å². The van der Waals surface area contributed by atoms with Crippen LogP contribution in [0, 0.1) is 10.1 Å². The Morgan fingerprint density at radius 2 is 2.27 bits per heavy atom. The van der Waals surface area contributed by atoms with E-state index in [9.17, 15) is 10.1 Å². The number of halogens is 1. The van der Waals surface area contributed by atoms with Gasteiger partial charge in [-0.15, -0.1) is 0 Å². The van der Waals surface area contributed by atoms with E-state index in [-0.39, 0.29) is 12.3 Å². The topological polar surface area (TPSA) is 52.4 Å². The van der Waals surface area contributed by atoms with Crippen molar-refractivity contribution in [2.24, 2.45) is 0 Å². The second-order valence-electron chi connectivity index (χ2n) is 2.86. The molecule has 0 atom stereocenters. The first-order chi connectivity index (χ1) is 6.99. The third-order valence-electron chi connectivity index (χ3n) is 1.60. The van der Waals surface area contributed by atoms with Gasteiger partial charge < -0.3 is 4.74 Å². The van der Waals surface area contributed by atoms with E-state index < -0.39 is 4.92 Å². The van der Waals surface area contributed by atoms with Crippen LogP contribution in [0.2, 0.25) is 0 Å². The van der Waals surface area contributed by atoms with E-state index in [1.165, 1.54) is 12.1 Å². The van der Waals surface area contributed by atoms with Gasteiger partial charge in [0.25, 0.3) is 5.69 Å². The Morgan fingerprint density at radius 3 is 2.80 bits per heavy atom. The Kier molecular flexibility index (Phi) is 4.16. The molecular weight excluding hydrogens is 282 g/mol. The average Bonchev–Trinajstić information content (AvgIpc) is 2.13. The summed E-state index contributed by atoms with van der Waals surface area (Å²) in [5.74, 6) is 0. The van der Waals surface area contributed by atoms with E-state index in [1.807, 2.05) is 0 Å². The summed E-state index contributed by atoms with van der Waals surface area (Å²) in [5, 5.41) is 11.0. The molecule has 0 unspecified atom stereocenters. The number of rotatable bonds is 3. The van der Waals surface area contributed by atoms with E-state index in [0.717, 1.165) is 0 Å². The number of nitro groups is 1. The Balaban J connectivity index is 2.88. The Morgan fingerprint density at radius 1 is 1.60 bits per heavy atom. The van der Waals surface area contributed by atoms with E-state index in [4.69, 9.17) is 17.0 Å². The molecular formula is C9H8BrNO3S. The van der Waals surface area contributed by atoms with E-state index in [0.29, 0.717) is 15.1 Å². The lowest BCUT2D eigenvalue weighted by Gasteiger charge is -2.04. The highest BCUT2D eigenvalue weighted by molar-refractivity contribution is 9.10. The molecule has 15 heavy (non-hydrogen) atoms. The first-order valence-corrected chi connectivity index (χ1v) is 5.26. The molecule has 0 heterocycles. The summed E-state index contributed by atoms with van der Waals surface area (Å²) in [7, 11) is 0. The van der Waals surface area contributed by atoms with Crippen LogP contribution in [0.3, 0.4) is 0 Å². The van der Waals surface area contributed by atoms with E-state index >= 15 is 0 Å². The van der Waals surface area contributed by atoms with Crippen molar-refractivity contribution in [3.05, 3.63) is 38.3 Å². The molecule has 0 amide bonds. The maximum atomic E-state index is 10.6. The molecule has 1 aromatic carbocycles. The second kappa shape index (κ2) is 5.18. The summed E-state index contributed by atoms with van der Waals surface area (Å²) in [6, 6.07) is 4.65. The van der Waals surface area contributed by atoms with Crippen LogP contribution in [0.4, 0.5) is 5.69 Å². The Bertz CT molecular complexity index is 408. The minimum atomic E-state index is -0.446. The van der Waals surface area contributed by atoms with E-state index in [2.05, 4.69) is 15.9 Å². The van der Waals surface area contributed by atoms with Gasteiger partial charge in [-0.2, -0.15) is 0 Å². The molecule has 0 saturated heterocycles. The van der Waals surface area contributed by atoms with Gasteiger partial charge in [0.15, 0.2) is 5.05 Å². The van der Waals surface area contributed by atoms with Gasteiger partial charge in [-0.25, -0.2) is 0 Å². The predicted octanol–water partition coefficient (Wildman–Crippen LogP) is 3.22. The summed E-state index contributed by atoms with van der Waals surface area (Å²) in [6.07, 6.45) is 0. The second-order valence-corrected chi connectivity index (χ2v) is 4.35. The van der Waals surface area contributed by atoms with Crippen LogP contribution in [-0.2, 0) is 11.3 Å². The summed E-state index contributed by atoms with van der Waals surface area (Å²) in [4.78, 5) is 10.1. The number of benzene rings is 1. The molecule has 0 aliphatic heterocycles. The minimum absolute atomic E-state index is 0.0324. The number of ether oxygens (including phenoxy) is 1. The smallest absolute Gasteiger partial charge is 0.270 e. The summed E-state index contributed by atoms with van der Waals surface area (Å²) < 4.78 is 5.76. The van der Waals surface area contributed by atoms with Gasteiger partial charge in [-0.05, 0) is 23.8 Å². The largest absolute Gasteiger partial charge is 0.483 e. The van der Waals surface area contributed by atoms with Crippen LogP contribution in [0.5, 0.6) is 0 Å². The van der Waals surface area contributed by atoms with Gasteiger partial charge in [-0.1, -0.05) is 15.9 Å². The van der Waals surface area contributed by atoms with Gasteiger partial charge in [0.2, 0.25) is 0 Å². The molecule has 4 nitrogen and oxygen atoms in total. The molecule has 0 aromatic heterocycles. The molecule has 0 fully saturated rings. The Hall–Kier alpha value is -1.01. The van der Waals surface area contributed by atoms with Gasteiger partial charge in [0.1, 0.15) is 6.61 Å². The quantitative estimate of drug-likeness (QED) is 0.487. The molecule has 0 radical (unpaired) electrons. The summed E-state index contributed by atoms with van der Waals surface area (Å²) >= 11 is 7.94. The van der Waals surface area contributed by atoms with Crippen LogP contribution < -0.4 is 0 Å². The van der Waals surface area contributed by atoms with Gasteiger partial charge in [0, 0.05) is 23.5 Å².